The zero-order valence-electron chi connectivity index (χ0n) is 12.3. The first-order valence-corrected chi connectivity index (χ1v) is 7.51. The molecular weight excluding hydrogens is 304 g/mol. The first-order valence-electron chi connectivity index (χ1n) is 7.13. The van der Waals surface area contributed by atoms with Gasteiger partial charge in [-0.3, -0.25) is 9.48 Å². The van der Waals surface area contributed by atoms with Crippen LogP contribution in [0.5, 0.6) is 0 Å². The largest absolute Gasteiger partial charge is 0.386 e. The third kappa shape index (κ3) is 4.82. The van der Waals surface area contributed by atoms with Crippen molar-refractivity contribution in [3.05, 3.63) is 47.2 Å². The van der Waals surface area contributed by atoms with Gasteiger partial charge in [-0.05, 0) is 31.0 Å². The van der Waals surface area contributed by atoms with Crippen LogP contribution in [-0.2, 0) is 11.3 Å². The third-order valence-electron chi connectivity index (χ3n) is 3.34. The summed E-state index contributed by atoms with van der Waals surface area (Å²) in [5.74, 6) is -0.0966. The highest BCUT2D eigenvalue weighted by atomic mass is 35.5. The molecule has 0 aliphatic heterocycles. The van der Waals surface area contributed by atoms with Crippen molar-refractivity contribution >= 4 is 17.5 Å². The lowest BCUT2D eigenvalue weighted by atomic mass is 10.0. The van der Waals surface area contributed by atoms with Crippen molar-refractivity contribution in [2.24, 2.45) is 0 Å². The smallest absolute Gasteiger partial charge is 0.220 e. The van der Waals surface area contributed by atoms with E-state index in [0.29, 0.717) is 24.4 Å². The van der Waals surface area contributed by atoms with Crippen molar-refractivity contribution in [2.45, 2.75) is 38.5 Å². The van der Waals surface area contributed by atoms with E-state index in [1.807, 2.05) is 0 Å². The number of aliphatic hydroxyl groups is 1. The monoisotopic (exact) mass is 322 g/mol. The van der Waals surface area contributed by atoms with Gasteiger partial charge >= 0.3 is 0 Å². The highest BCUT2D eigenvalue weighted by molar-refractivity contribution is 6.30. The Bertz CT molecular complexity index is 586. The van der Waals surface area contributed by atoms with E-state index in [-0.39, 0.29) is 11.9 Å². The van der Waals surface area contributed by atoms with Crippen LogP contribution in [-0.4, -0.2) is 32.0 Å². The molecule has 0 bridgehead atoms. The lowest BCUT2D eigenvalue weighted by molar-refractivity contribution is -0.122. The molecule has 0 saturated carbocycles. The molecule has 0 radical (unpaired) electrons. The van der Waals surface area contributed by atoms with Gasteiger partial charge in [0.2, 0.25) is 5.91 Å². The number of carbonyl (C=O) groups is 1. The van der Waals surface area contributed by atoms with Crippen LogP contribution in [0.1, 0.15) is 31.4 Å². The molecule has 0 aliphatic rings. The molecule has 2 unspecified atom stereocenters. The molecule has 1 aromatic carbocycles. The number of rotatable bonds is 7. The van der Waals surface area contributed by atoms with E-state index >= 15 is 0 Å². The number of hydrogen-bond donors (Lipinski definition) is 2. The van der Waals surface area contributed by atoms with E-state index in [2.05, 4.69) is 15.6 Å². The molecule has 2 rings (SSSR count). The highest BCUT2D eigenvalue weighted by Gasteiger charge is 2.18. The van der Waals surface area contributed by atoms with Gasteiger partial charge in [0.1, 0.15) is 0 Å². The van der Waals surface area contributed by atoms with Gasteiger partial charge in [-0.2, -0.15) is 0 Å². The van der Waals surface area contributed by atoms with Crippen LogP contribution in [0, 0.1) is 0 Å². The van der Waals surface area contributed by atoms with E-state index in [4.69, 9.17) is 11.6 Å². The number of aryl methyl sites for hydroxylation is 1. The van der Waals surface area contributed by atoms with Crippen LogP contribution in [0.2, 0.25) is 5.02 Å². The van der Waals surface area contributed by atoms with Crippen molar-refractivity contribution in [1.82, 2.24) is 20.3 Å². The summed E-state index contributed by atoms with van der Waals surface area (Å²) in [6.07, 6.45) is 3.63. The fraction of sp³-hybridized carbons (Fsp3) is 0.400. The summed E-state index contributed by atoms with van der Waals surface area (Å²) in [6, 6.07) is 6.56. The third-order valence-corrected chi connectivity index (χ3v) is 3.59. The normalized spacial score (nSPS) is 13.6. The molecule has 0 saturated heterocycles. The average Bonchev–Trinajstić information content (AvgIpc) is 3.00. The summed E-state index contributed by atoms with van der Waals surface area (Å²) in [5, 5.41) is 21.2. The van der Waals surface area contributed by atoms with Crippen molar-refractivity contribution in [3.8, 4) is 0 Å². The number of benzene rings is 1. The number of nitrogens with zero attached hydrogens (tertiary/aromatic N) is 3. The predicted octanol–water partition coefficient (Wildman–Crippen LogP) is 1.95. The minimum absolute atomic E-state index is 0.0966. The topological polar surface area (TPSA) is 80.0 Å². The Morgan fingerprint density at radius 3 is 2.77 bits per heavy atom. The molecular formula is C15H19ClN4O2. The van der Waals surface area contributed by atoms with Crippen LogP contribution >= 0.6 is 11.6 Å². The highest BCUT2D eigenvalue weighted by Crippen LogP contribution is 2.19. The molecule has 2 aromatic rings. The minimum Gasteiger partial charge on any atom is -0.386 e. The number of aromatic nitrogens is 3. The van der Waals surface area contributed by atoms with E-state index in [0.717, 1.165) is 5.56 Å². The maximum absolute atomic E-state index is 11.9. The molecule has 0 fully saturated rings. The maximum atomic E-state index is 11.9. The van der Waals surface area contributed by atoms with Crippen molar-refractivity contribution in [1.29, 1.82) is 0 Å². The summed E-state index contributed by atoms with van der Waals surface area (Å²) in [6.45, 7) is 2.41. The van der Waals surface area contributed by atoms with Crippen molar-refractivity contribution < 1.29 is 9.90 Å². The summed E-state index contributed by atoms with van der Waals surface area (Å²) in [4.78, 5) is 11.9. The number of carbonyl (C=O) groups excluding carboxylic acids is 1. The van der Waals surface area contributed by atoms with Crippen LogP contribution in [0.3, 0.4) is 0 Å². The molecule has 1 aromatic heterocycles. The molecule has 118 valence electrons. The van der Waals surface area contributed by atoms with E-state index in [9.17, 15) is 9.90 Å². The number of nitrogens with one attached hydrogen (secondary N) is 1. The van der Waals surface area contributed by atoms with Gasteiger partial charge in [0.25, 0.3) is 0 Å². The first kappa shape index (κ1) is 16.5. The average molecular weight is 323 g/mol. The Morgan fingerprint density at radius 1 is 1.41 bits per heavy atom. The Morgan fingerprint density at radius 2 is 2.14 bits per heavy atom. The molecule has 6 nitrogen and oxygen atoms in total. The molecule has 0 aliphatic carbocycles. The minimum atomic E-state index is -0.767. The predicted molar refractivity (Wildman–Crippen MR) is 83.3 cm³/mol. The maximum Gasteiger partial charge on any atom is 0.220 e. The molecule has 2 atom stereocenters. The second-order valence-electron chi connectivity index (χ2n) is 5.12. The molecule has 22 heavy (non-hydrogen) atoms. The van der Waals surface area contributed by atoms with Gasteiger partial charge in [0.15, 0.2) is 0 Å². The summed E-state index contributed by atoms with van der Waals surface area (Å²) < 4.78 is 1.68. The Kier molecular flexibility index (Phi) is 5.91. The molecule has 2 N–H and O–H groups in total. The molecule has 1 heterocycles. The van der Waals surface area contributed by atoms with E-state index in [1.165, 1.54) is 0 Å². The fourth-order valence-corrected chi connectivity index (χ4v) is 2.23. The Labute approximate surface area is 134 Å². The molecule has 7 heteroatoms. The molecule has 1 amide bonds. The fourth-order valence-electron chi connectivity index (χ4n) is 2.11. The van der Waals surface area contributed by atoms with Gasteiger partial charge in [0.05, 0.1) is 18.3 Å². The van der Waals surface area contributed by atoms with Gasteiger partial charge in [-0.15, -0.1) is 5.10 Å². The van der Waals surface area contributed by atoms with Gasteiger partial charge < -0.3 is 10.4 Å². The number of aliphatic hydroxyl groups excluding tert-OH is 1. The Hall–Kier alpha value is -1.92. The summed E-state index contributed by atoms with van der Waals surface area (Å²) >= 11 is 5.82. The standard InChI is InChI=1S/C15H19ClN4O2/c1-11(15(22)12-4-6-13(16)7-5-12)18-14(21)3-2-9-20-10-8-17-19-20/h4-8,10-11,15,22H,2-3,9H2,1H3,(H,18,21). The zero-order chi connectivity index (χ0) is 15.9. The number of halogens is 1. The first-order chi connectivity index (χ1) is 10.6. The zero-order valence-corrected chi connectivity index (χ0v) is 13.1. The van der Waals surface area contributed by atoms with E-state index in [1.54, 1.807) is 48.3 Å². The Balaban J connectivity index is 1.76. The van der Waals surface area contributed by atoms with Crippen molar-refractivity contribution in [2.75, 3.05) is 0 Å². The number of hydrogen-bond acceptors (Lipinski definition) is 4. The van der Waals surface area contributed by atoms with Gasteiger partial charge in [-0.1, -0.05) is 28.9 Å². The van der Waals surface area contributed by atoms with Gasteiger partial charge in [0, 0.05) is 24.2 Å². The van der Waals surface area contributed by atoms with Crippen LogP contribution < -0.4 is 5.32 Å². The lowest BCUT2D eigenvalue weighted by Crippen LogP contribution is -2.37. The quantitative estimate of drug-likeness (QED) is 0.816. The van der Waals surface area contributed by atoms with Crippen LogP contribution in [0.4, 0.5) is 0 Å². The summed E-state index contributed by atoms with van der Waals surface area (Å²) in [5.41, 5.74) is 0.722. The van der Waals surface area contributed by atoms with Crippen LogP contribution in [0.25, 0.3) is 0 Å². The lowest BCUT2D eigenvalue weighted by Gasteiger charge is -2.20. The van der Waals surface area contributed by atoms with Gasteiger partial charge in [-0.25, -0.2) is 0 Å². The van der Waals surface area contributed by atoms with Crippen molar-refractivity contribution in [3.63, 3.8) is 0 Å². The number of amides is 1. The summed E-state index contributed by atoms with van der Waals surface area (Å²) in [7, 11) is 0. The van der Waals surface area contributed by atoms with E-state index < -0.39 is 6.10 Å². The molecule has 0 spiro atoms. The SMILES string of the molecule is CC(NC(=O)CCCn1ccnn1)C(O)c1ccc(Cl)cc1. The second kappa shape index (κ2) is 7.91. The van der Waals surface area contributed by atoms with Crippen LogP contribution in [0.15, 0.2) is 36.7 Å². The second-order valence-corrected chi connectivity index (χ2v) is 5.56.